The fourth-order valence-corrected chi connectivity index (χ4v) is 2.78. The summed E-state index contributed by atoms with van der Waals surface area (Å²) in [5.41, 5.74) is 1.08. The van der Waals surface area contributed by atoms with Crippen LogP contribution in [0, 0.1) is 5.92 Å². The van der Waals surface area contributed by atoms with E-state index in [4.69, 9.17) is 11.6 Å². The number of amides is 1. The summed E-state index contributed by atoms with van der Waals surface area (Å²) in [6.45, 7) is 10.3. The summed E-state index contributed by atoms with van der Waals surface area (Å²) in [5.74, 6) is 0.577. The number of hydrogen-bond donors (Lipinski definition) is 1. The maximum Gasteiger partial charge on any atom is 0.234 e. The van der Waals surface area contributed by atoms with Gasteiger partial charge in [0.15, 0.2) is 0 Å². The van der Waals surface area contributed by atoms with Gasteiger partial charge in [0.05, 0.1) is 17.3 Å². The minimum absolute atomic E-state index is 0.118. The van der Waals surface area contributed by atoms with Gasteiger partial charge in [-0.15, -0.1) is 0 Å². The van der Waals surface area contributed by atoms with Gasteiger partial charge in [-0.25, -0.2) is 0 Å². The maximum atomic E-state index is 12.0. The molecule has 1 N–H and O–H groups in total. The van der Waals surface area contributed by atoms with E-state index in [0.29, 0.717) is 12.5 Å². The molecule has 0 radical (unpaired) electrons. The summed E-state index contributed by atoms with van der Waals surface area (Å²) in [6, 6.07) is 8.15. The monoisotopic (exact) mass is 323 g/mol. The first-order valence-corrected chi connectivity index (χ1v) is 8.36. The van der Waals surface area contributed by atoms with Crippen molar-refractivity contribution in [1.29, 1.82) is 0 Å². The number of benzene rings is 1. The largest absolute Gasteiger partial charge is 0.368 e. The third kappa shape index (κ3) is 4.62. The Kier molecular flexibility index (Phi) is 6.09. The smallest absolute Gasteiger partial charge is 0.234 e. The lowest BCUT2D eigenvalue weighted by Gasteiger charge is -2.36. The Labute approximate surface area is 138 Å². The first kappa shape index (κ1) is 17.1. The van der Waals surface area contributed by atoms with Crippen LogP contribution in [0.25, 0.3) is 0 Å². The molecule has 1 saturated heterocycles. The standard InChI is InChI=1S/C17H26ClN3O/c1-13(2)14(3)19-17(22)12-20-8-10-21(11-9-20)16-7-5-4-6-15(16)18/h4-7,13-14H,8-12H2,1-3H3,(H,19,22). The van der Waals surface area contributed by atoms with Crippen LogP contribution in [-0.4, -0.2) is 49.6 Å². The highest BCUT2D eigenvalue weighted by Crippen LogP contribution is 2.25. The Bertz CT molecular complexity index is 498. The predicted octanol–water partition coefficient (Wildman–Crippen LogP) is 2.62. The number of nitrogens with one attached hydrogen (secondary N) is 1. The van der Waals surface area contributed by atoms with Crippen LogP contribution in [0.1, 0.15) is 20.8 Å². The number of nitrogens with zero attached hydrogens (tertiary/aromatic N) is 2. The molecule has 1 aliphatic heterocycles. The molecule has 1 atom stereocenters. The number of rotatable bonds is 5. The van der Waals surface area contributed by atoms with E-state index in [1.54, 1.807) is 0 Å². The highest BCUT2D eigenvalue weighted by atomic mass is 35.5. The normalized spacial score (nSPS) is 17.6. The van der Waals surface area contributed by atoms with Gasteiger partial charge in [0.2, 0.25) is 5.91 Å². The van der Waals surface area contributed by atoms with E-state index < -0.39 is 0 Å². The summed E-state index contributed by atoms with van der Waals surface area (Å²) in [6.07, 6.45) is 0. The zero-order chi connectivity index (χ0) is 16.1. The third-order valence-corrected chi connectivity index (χ3v) is 4.64. The Morgan fingerprint density at radius 2 is 1.82 bits per heavy atom. The first-order chi connectivity index (χ1) is 10.5. The molecule has 122 valence electrons. The highest BCUT2D eigenvalue weighted by molar-refractivity contribution is 6.33. The number of carbonyl (C=O) groups excluding carboxylic acids is 1. The van der Waals surface area contributed by atoms with Gasteiger partial charge in [-0.2, -0.15) is 0 Å². The molecule has 1 aliphatic rings. The zero-order valence-electron chi connectivity index (χ0n) is 13.7. The van der Waals surface area contributed by atoms with Crippen molar-refractivity contribution in [3.63, 3.8) is 0 Å². The molecular weight excluding hydrogens is 298 g/mol. The molecule has 0 spiro atoms. The van der Waals surface area contributed by atoms with Crippen molar-refractivity contribution in [2.75, 3.05) is 37.6 Å². The Morgan fingerprint density at radius 1 is 1.18 bits per heavy atom. The summed E-state index contributed by atoms with van der Waals surface area (Å²) < 4.78 is 0. The molecule has 1 heterocycles. The molecule has 4 nitrogen and oxygen atoms in total. The van der Waals surface area contributed by atoms with Crippen molar-refractivity contribution >= 4 is 23.2 Å². The Balaban J connectivity index is 1.80. The highest BCUT2D eigenvalue weighted by Gasteiger charge is 2.21. The summed E-state index contributed by atoms with van der Waals surface area (Å²) in [5, 5.41) is 3.85. The van der Waals surface area contributed by atoms with Crippen molar-refractivity contribution in [2.45, 2.75) is 26.8 Å². The first-order valence-electron chi connectivity index (χ1n) is 7.98. The molecule has 0 bridgehead atoms. The molecule has 0 aliphatic carbocycles. The average molecular weight is 324 g/mol. The lowest BCUT2D eigenvalue weighted by atomic mass is 10.1. The molecule has 1 fully saturated rings. The summed E-state index contributed by atoms with van der Waals surface area (Å²) >= 11 is 6.25. The van der Waals surface area contributed by atoms with E-state index >= 15 is 0 Å². The summed E-state index contributed by atoms with van der Waals surface area (Å²) in [4.78, 5) is 16.5. The van der Waals surface area contributed by atoms with E-state index in [9.17, 15) is 4.79 Å². The SMILES string of the molecule is CC(C)C(C)NC(=O)CN1CCN(c2ccccc2Cl)CC1. The lowest BCUT2D eigenvalue weighted by molar-refractivity contribution is -0.123. The number of anilines is 1. The summed E-state index contributed by atoms with van der Waals surface area (Å²) in [7, 11) is 0. The molecule has 0 aromatic heterocycles. The topological polar surface area (TPSA) is 35.6 Å². The van der Waals surface area contributed by atoms with Crippen LogP contribution < -0.4 is 10.2 Å². The maximum absolute atomic E-state index is 12.0. The van der Waals surface area contributed by atoms with Gasteiger partial charge in [-0.3, -0.25) is 9.69 Å². The number of carbonyl (C=O) groups is 1. The van der Waals surface area contributed by atoms with Gasteiger partial charge < -0.3 is 10.2 Å². The minimum Gasteiger partial charge on any atom is -0.368 e. The van der Waals surface area contributed by atoms with Gasteiger partial charge in [0.1, 0.15) is 0 Å². The lowest BCUT2D eigenvalue weighted by Crippen LogP contribution is -2.50. The van der Waals surface area contributed by atoms with E-state index in [-0.39, 0.29) is 11.9 Å². The molecule has 1 aromatic carbocycles. The zero-order valence-corrected chi connectivity index (χ0v) is 14.4. The molecule has 1 aromatic rings. The fourth-order valence-electron chi connectivity index (χ4n) is 2.52. The second-order valence-corrected chi connectivity index (χ2v) is 6.72. The minimum atomic E-state index is 0.118. The number of piperazine rings is 1. The molecule has 22 heavy (non-hydrogen) atoms. The van der Waals surface area contributed by atoms with Crippen LogP contribution in [-0.2, 0) is 4.79 Å². The number of hydrogen-bond acceptors (Lipinski definition) is 3. The molecule has 0 saturated carbocycles. The molecule has 2 rings (SSSR count). The predicted molar refractivity (Wildman–Crippen MR) is 92.5 cm³/mol. The van der Waals surface area contributed by atoms with Crippen molar-refractivity contribution in [3.05, 3.63) is 29.3 Å². The van der Waals surface area contributed by atoms with E-state index in [2.05, 4.69) is 42.0 Å². The van der Waals surface area contributed by atoms with Crippen molar-refractivity contribution in [3.8, 4) is 0 Å². The van der Waals surface area contributed by atoms with Crippen LogP contribution in [0.4, 0.5) is 5.69 Å². The van der Waals surface area contributed by atoms with Gasteiger partial charge in [-0.1, -0.05) is 37.6 Å². The van der Waals surface area contributed by atoms with Crippen molar-refractivity contribution in [2.24, 2.45) is 5.92 Å². The average Bonchev–Trinajstić information content (AvgIpc) is 2.48. The second kappa shape index (κ2) is 7.84. The van der Waals surface area contributed by atoms with E-state index in [1.165, 1.54) is 0 Å². The second-order valence-electron chi connectivity index (χ2n) is 6.31. The van der Waals surface area contributed by atoms with Gasteiger partial charge in [-0.05, 0) is 25.0 Å². The van der Waals surface area contributed by atoms with E-state index in [1.807, 2.05) is 18.2 Å². The van der Waals surface area contributed by atoms with Gasteiger partial charge in [0.25, 0.3) is 0 Å². The molecule has 5 heteroatoms. The van der Waals surface area contributed by atoms with Crippen LogP contribution in [0.3, 0.4) is 0 Å². The van der Waals surface area contributed by atoms with Crippen LogP contribution in [0.5, 0.6) is 0 Å². The molecule has 1 amide bonds. The van der Waals surface area contributed by atoms with Crippen LogP contribution in [0.15, 0.2) is 24.3 Å². The quantitative estimate of drug-likeness (QED) is 0.905. The molecule has 1 unspecified atom stereocenters. The Morgan fingerprint density at radius 3 is 2.41 bits per heavy atom. The fraction of sp³-hybridized carbons (Fsp3) is 0.588. The third-order valence-electron chi connectivity index (χ3n) is 4.32. The van der Waals surface area contributed by atoms with Crippen molar-refractivity contribution in [1.82, 2.24) is 10.2 Å². The van der Waals surface area contributed by atoms with Crippen LogP contribution >= 0.6 is 11.6 Å². The van der Waals surface area contributed by atoms with Crippen molar-refractivity contribution < 1.29 is 4.79 Å². The number of para-hydroxylation sites is 1. The van der Waals surface area contributed by atoms with E-state index in [0.717, 1.165) is 36.9 Å². The van der Waals surface area contributed by atoms with Gasteiger partial charge in [0, 0.05) is 32.2 Å². The number of halogens is 1. The van der Waals surface area contributed by atoms with Gasteiger partial charge >= 0.3 is 0 Å². The molecular formula is C17H26ClN3O. The van der Waals surface area contributed by atoms with Crippen LogP contribution in [0.2, 0.25) is 5.02 Å². The Hall–Kier alpha value is -1.26.